The molecule has 1 heterocycles. The molecule has 0 saturated carbocycles. The molecule has 2 N–H and O–H groups in total. The number of hydrogen-bond acceptors (Lipinski definition) is 4. The predicted octanol–water partition coefficient (Wildman–Crippen LogP) is 5.53. The van der Waals surface area contributed by atoms with Gasteiger partial charge in [0.1, 0.15) is 0 Å². The van der Waals surface area contributed by atoms with Gasteiger partial charge >= 0.3 is 0 Å². The number of nitrogens with one attached hydrogen (secondary N) is 2. The Balaban J connectivity index is 1.45. The van der Waals surface area contributed by atoms with E-state index >= 15 is 0 Å². The summed E-state index contributed by atoms with van der Waals surface area (Å²) in [5.41, 5.74) is 3.80. The van der Waals surface area contributed by atoms with Crippen molar-refractivity contribution in [1.82, 2.24) is 4.98 Å². The van der Waals surface area contributed by atoms with Gasteiger partial charge in [0.05, 0.1) is 22.5 Å². The Morgan fingerprint density at radius 3 is 2.48 bits per heavy atom. The molecule has 31 heavy (non-hydrogen) atoms. The zero-order valence-corrected chi connectivity index (χ0v) is 17.8. The van der Waals surface area contributed by atoms with E-state index in [1.165, 1.54) is 11.8 Å². The summed E-state index contributed by atoms with van der Waals surface area (Å²) in [5, 5.41) is 6.79. The number of hydrogen-bond donors (Lipinski definition) is 2. The van der Waals surface area contributed by atoms with Gasteiger partial charge in [-0.2, -0.15) is 0 Å². The van der Waals surface area contributed by atoms with E-state index in [1.807, 2.05) is 79.7 Å². The van der Waals surface area contributed by atoms with Crippen LogP contribution in [0.3, 0.4) is 0 Å². The first-order valence-corrected chi connectivity index (χ1v) is 10.8. The molecule has 2 amide bonds. The highest BCUT2D eigenvalue weighted by atomic mass is 32.2. The van der Waals surface area contributed by atoms with E-state index in [9.17, 15) is 9.59 Å². The first-order chi connectivity index (χ1) is 15.1. The van der Waals surface area contributed by atoms with Crippen LogP contribution in [0.2, 0.25) is 0 Å². The van der Waals surface area contributed by atoms with Crippen LogP contribution in [0.15, 0.2) is 90.0 Å². The highest BCUT2D eigenvalue weighted by molar-refractivity contribution is 8.00. The molecule has 0 radical (unpaired) electrons. The third-order valence-corrected chi connectivity index (χ3v) is 5.78. The average molecular weight is 428 g/mol. The molecule has 3 aromatic carbocycles. The summed E-state index contributed by atoms with van der Waals surface area (Å²) in [7, 11) is 0. The van der Waals surface area contributed by atoms with Crippen molar-refractivity contribution >= 4 is 45.9 Å². The largest absolute Gasteiger partial charge is 0.325 e. The topological polar surface area (TPSA) is 71.1 Å². The molecule has 0 fully saturated rings. The zero-order chi connectivity index (χ0) is 21.6. The fourth-order valence-corrected chi connectivity index (χ4v) is 4.00. The lowest BCUT2D eigenvalue weighted by Gasteiger charge is -2.11. The fourth-order valence-electron chi connectivity index (χ4n) is 3.15. The summed E-state index contributed by atoms with van der Waals surface area (Å²) < 4.78 is 0. The molecular formula is C25H21N3O2S. The van der Waals surface area contributed by atoms with E-state index < -0.39 is 0 Å². The Kier molecular flexibility index (Phi) is 6.29. The van der Waals surface area contributed by atoms with Crippen molar-refractivity contribution in [3.8, 4) is 0 Å². The van der Waals surface area contributed by atoms with Gasteiger partial charge in [-0.1, -0.05) is 48.0 Å². The second-order valence-corrected chi connectivity index (χ2v) is 8.05. The van der Waals surface area contributed by atoms with Gasteiger partial charge in [0, 0.05) is 22.2 Å². The van der Waals surface area contributed by atoms with Crippen LogP contribution in [0.25, 0.3) is 10.9 Å². The van der Waals surface area contributed by atoms with Gasteiger partial charge in [-0.25, -0.2) is 0 Å². The minimum absolute atomic E-state index is 0.123. The van der Waals surface area contributed by atoms with Gasteiger partial charge < -0.3 is 10.6 Å². The first kappa shape index (κ1) is 20.6. The van der Waals surface area contributed by atoms with E-state index in [1.54, 1.807) is 12.3 Å². The maximum absolute atomic E-state index is 13.0. The van der Waals surface area contributed by atoms with Gasteiger partial charge in [0.15, 0.2) is 0 Å². The average Bonchev–Trinajstić information content (AvgIpc) is 2.80. The molecule has 4 aromatic rings. The smallest absolute Gasteiger partial charge is 0.256 e. The maximum atomic E-state index is 13.0. The number of carbonyl (C=O) groups is 2. The lowest BCUT2D eigenvalue weighted by molar-refractivity contribution is -0.113. The third kappa shape index (κ3) is 5.10. The lowest BCUT2D eigenvalue weighted by Crippen LogP contribution is -2.16. The van der Waals surface area contributed by atoms with E-state index in [0.29, 0.717) is 11.3 Å². The lowest BCUT2D eigenvalue weighted by atomic mass is 10.1. The summed E-state index contributed by atoms with van der Waals surface area (Å²) in [6.07, 6.45) is 1.70. The number of aromatic nitrogens is 1. The van der Waals surface area contributed by atoms with Crippen LogP contribution >= 0.6 is 11.8 Å². The van der Waals surface area contributed by atoms with Crippen molar-refractivity contribution in [3.63, 3.8) is 0 Å². The minimum atomic E-state index is -0.236. The zero-order valence-electron chi connectivity index (χ0n) is 17.0. The van der Waals surface area contributed by atoms with Gasteiger partial charge in [0.2, 0.25) is 5.91 Å². The summed E-state index contributed by atoms with van der Waals surface area (Å²) in [4.78, 5) is 30.5. The number of benzene rings is 3. The number of rotatable bonds is 6. The van der Waals surface area contributed by atoms with Crippen LogP contribution in [0.1, 0.15) is 15.9 Å². The van der Waals surface area contributed by atoms with Crippen LogP contribution in [0.5, 0.6) is 0 Å². The van der Waals surface area contributed by atoms with E-state index in [-0.39, 0.29) is 17.6 Å². The molecule has 5 nitrogen and oxygen atoms in total. The number of anilines is 2. The number of amides is 2. The SMILES string of the molecule is Cc1ccc(NC(=O)CSc2ccccc2C(=O)Nc2cccc3cccnc23)cc1. The van der Waals surface area contributed by atoms with E-state index in [4.69, 9.17) is 0 Å². The normalized spacial score (nSPS) is 10.6. The Labute approximate surface area is 184 Å². The molecule has 0 atom stereocenters. The van der Waals surface area contributed by atoms with Crippen molar-refractivity contribution in [2.24, 2.45) is 0 Å². The van der Waals surface area contributed by atoms with Crippen molar-refractivity contribution in [3.05, 3.63) is 96.2 Å². The van der Waals surface area contributed by atoms with Gasteiger partial charge in [-0.3, -0.25) is 14.6 Å². The molecule has 0 aliphatic rings. The minimum Gasteiger partial charge on any atom is -0.325 e. The number of aryl methyl sites for hydroxylation is 1. The van der Waals surface area contributed by atoms with Crippen LogP contribution in [0, 0.1) is 6.92 Å². The Bertz CT molecular complexity index is 1230. The van der Waals surface area contributed by atoms with Crippen molar-refractivity contribution in [2.75, 3.05) is 16.4 Å². The molecule has 0 spiro atoms. The van der Waals surface area contributed by atoms with Crippen molar-refractivity contribution < 1.29 is 9.59 Å². The molecule has 0 bridgehead atoms. The molecule has 0 aliphatic heterocycles. The molecular weight excluding hydrogens is 406 g/mol. The second kappa shape index (κ2) is 9.45. The van der Waals surface area contributed by atoms with Crippen molar-refractivity contribution in [2.45, 2.75) is 11.8 Å². The summed E-state index contributed by atoms with van der Waals surface area (Å²) in [6.45, 7) is 2.00. The van der Waals surface area contributed by atoms with Gasteiger partial charge in [-0.15, -0.1) is 11.8 Å². The molecule has 1 aromatic heterocycles. The first-order valence-electron chi connectivity index (χ1n) is 9.83. The highest BCUT2D eigenvalue weighted by Crippen LogP contribution is 2.26. The molecule has 0 aliphatic carbocycles. The molecule has 154 valence electrons. The van der Waals surface area contributed by atoms with Crippen LogP contribution < -0.4 is 10.6 Å². The van der Waals surface area contributed by atoms with Crippen LogP contribution in [-0.4, -0.2) is 22.6 Å². The van der Waals surface area contributed by atoms with Crippen LogP contribution in [-0.2, 0) is 4.79 Å². The number of nitrogens with zero attached hydrogens (tertiary/aromatic N) is 1. The monoisotopic (exact) mass is 427 g/mol. The highest BCUT2D eigenvalue weighted by Gasteiger charge is 2.14. The Hall–Kier alpha value is -3.64. The number of thioether (sulfide) groups is 1. The standard InChI is InChI=1S/C25H21N3O2S/c1-17-11-13-19(14-12-17)27-23(29)16-31-22-10-3-2-8-20(22)25(30)28-21-9-4-6-18-7-5-15-26-24(18)21/h2-15H,16H2,1H3,(H,27,29)(H,28,30). The number of pyridine rings is 1. The third-order valence-electron chi connectivity index (χ3n) is 4.71. The van der Waals surface area contributed by atoms with Gasteiger partial charge in [0.25, 0.3) is 5.91 Å². The predicted molar refractivity (Wildman–Crippen MR) is 127 cm³/mol. The van der Waals surface area contributed by atoms with Crippen LogP contribution in [0.4, 0.5) is 11.4 Å². The van der Waals surface area contributed by atoms with Gasteiger partial charge in [-0.05, 0) is 43.3 Å². The summed E-state index contributed by atoms with van der Waals surface area (Å²) in [6, 6.07) is 24.4. The maximum Gasteiger partial charge on any atom is 0.256 e. The van der Waals surface area contributed by atoms with E-state index in [2.05, 4.69) is 15.6 Å². The number of para-hydroxylation sites is 1. The number of fused-ring (bicyclic) bond motifs is 1. The second-order valence-electron chi connectivity index (χ2n) is 7.03. The number of carbonyl (C=O) groups excluding carboxylic acids is 2. The van der Waals surface area contributed by atoms with Crippen molar-refractivity contribution in [1.29, 1.82) is 0 Å². The quantitative estimate of drug-likeness (QED) is 0.397. The molecule has 6 heteroatoms. The Morgan fingerprint density at radius 2 is 1.65 bits per heavy atom. The summed E-state index contributed by atoms with van der Waals surface area (Å²) in [5.74, 6) is -0.156. The Morgan fingerprint density at radius 1 is 0.871 bits per heavy atom. The molecule has 4 rings (SSSR count). The fraction of sp³-hybridized carbons (Fsp3) is 0.0800. The van der Waals surface area contributed by atoms with E-state index in [0.717, 1.165) is 27.0 Å². The summed E-state index contributed by atoms with van der Waals surface area (Å²) >= 11 is 1.33. The molecule has 0 unspecified atom stereocenters. The molecule has 0 saturated heterocycles.